The van der Waals surface area contributed by atoms with E-state index in [4.69, 9.17) is 0 Å². The van der Waals surface area contributed by atoms with Gasteiger partial charge in [0.15, 0.2) is 0 Å². The van der Waals surface area contributed by atoms with Gasteiger partial charge in [0.1, 0.15) is 5.70 Å². The summed E-state index contributed by atoms with van der Waals surface area (Å²) >= 11 is 0. The monoisotopic (exact) mass is 443 g/mol. The molecule has 0 aliphatic carbocycles. The van der Waals surface area contributed by atoms with E-state index < -0.39 is 0 Å². The van der Waals surface area contributed by atoms with E-state index in [1.807, 2.05) is 50.2 Å². The van der Waals surface area contributed by atoms with Crippen molar-refractivity contribution in [1.82, 2.24) is 4.90 Å². The zero-order valence-corrected chi connectivity index (χ0v) is 19.9. The fraction of sp³-hybridized carbons (Fsp3) is 0.429. The molecule has 0 atom stereocenters. The number of hydrogen-bond donors (Lipinski definition) is 0. The highest BCUT2D eigenvalue weighted by molar-refractivity contribution is 6.45. The van der Waals surface area contributed by atoms with Crippen LogP contribution in [0.3, 0.4) is 0 Å². The first-order valence-corrected chi connectivity index (χ1v) is 12.2. The standard InChI is InChI=1S/C28H33N3O2/c1-19-12-16-30(17-13-19)26-25(24-11-6-20(2)18-21(24)3)27(32)31(28(26)33)23-9-7-22(8-10-23)29-14-4-5-15-29/h6-11,18-19H,4-5,12-17H2,1-3H3. The Morgan fingerprint density at radius 2 is 1.39 bits per heavy atom. The number of piperidine rings is 1. The van der Waals surface area contributed by atoms with Gasteiger partial charge in [-0.2, -0.15) is 0 Å². The molecule has 3 heterocycles. The molecule has 2 saturated heterocycles. The van der Waals surface area contributed by atoms with Crippen LogP contribution in [0.1, 0.15) is 49.3 Å². The maximum Gasteiger partial charge on any atom is 0.282 e. The molecule has 2 fully saturated rings. The minimum atomic E-state index is -0.213. The first kappa shape index (κ1) is 21.7. The largest absolute Gasteiger partial charge is 0.372 e. The van der Waals surface area contributed by atoms with Crippen LogP contribution in [-0.4, -0.2) is 42.9 Å². The molecule has 0 spiro atoms. The number of rotatable bonds is 4. The Balaban J connectivity index is 1.53. The van der Waals surface area contributed by atoms with E-state index in [1.54, 1.807) is 0 Å². The van der Waals surface area contributed by atoms with E-state index >= 15 is 0 Å². The summed E-state index contributed by atoms with van der Waals surface area (Å²) < 4.78 is 0. The van der Waals surface area contributed by atoms with Gasteiger partial charge in [-0.3, -0.25) is 9.59 Å². The first-order chi connectivity index (χ1) is 15.9. The molecule has 0 saturated carbocycles. The Hall–Kier alpha value is -3.08. The van der Waals surface area contributed by atoms with Crippen molar-refractivity contribution in [2.45, 2.75) is 46.5 Å². The van der Waals surface area contributed by atoms with Crippen molar-refractivity contribution in [1.29, 1.82) is 0 Å². The second kappa shape index (κ2) is 8.69. The predicted octanol–water partition coefficient (Wildman–Crippen LogP) is 4.92. The van der Waals surface area contributed by atoms with Crippen LogP contribution in [0.4, 0.5) is 11.4 Å². The molecule has 0 bridgehead atoms. The average molecular weight is 444 g/mol. The molecule has 5 heteroatoms. The van der Waals surface area contributed by atoms with Crippen LogP contribution >= 0.6 is 0 Å². The molecule has 0 unspecified atom stereocenters. The minimum Gasteiger partial charge on any atom is -0.372 e. The third-order valence-corrected chi connectivity index (χ3v) is 7.39. The molecule has 3 aliphatic heterocycles. The van der Waals surface area contributed by atoms with Crippen molar-refractivity contribution in [2.75, 3.05) is 36.0 Å². The lowest BCUT2D eigenvalue weighted by Gasteiger charge is -2.32. The third kappa shape index (κ3) is 3.94. The van der Waals surface area contributed by atoms with Crippen LogP contribution in [0.2, 0.25) is 0 Å². The molecular formula is C28H33N3O2. The summed E-state index contributed by atoms with van der Waals surface area (Å²) in [5, 5.41) is 0. The van der Waals surface area contributed by atoms with Crippen molar-refractivity contribution in [3.63, 3.8) is 0 Å². The van der Waals surface area contributed by atoms with Crippen LogP contribution in [0, 0.1) is 19.8 Å². The SMILES string of the molecule is Cc1ccc(C2=C(N3CCC(C)CC3)C(=O)N(c3ccc(N4CCCC4)cc3)C2=O)c(C)c1. The van der Waals surface area contributed by atoms with E-state index in [9.17, 15) is 9.59 Å². The molecule has 5 nitrogen and oxygen atoms in total. The molecule has 2 amide bonds. The van der Waals surface area contributed by atoms with Crippen LogP contribution in [0.5, 0.6) is 0 Å². The number of anilines is 2. The fourth-order valence-electron chi connectivity index (χ4n) is 5.40. The quantitative estimate of drug-likeness (QED) is 0.629. The van der Waals surface area contributed by atoms with E-state index in [1.165, 1.54) is 17.7 Å². The molecule has 5 rings (SSSR count). The second-order valence-electron chi connectivity index (χ2n) is 9.87. The molecule has 172 valence electrons. The number of aryl methyl sites for hydroxylation is 2. The molecular weight excluding hydrogens is 410 g/mol. The summed E-state index contributed by atoms with van der Waals surface area (Å²) in [7, 11) is 0. The van der Waals surface area contributed by atoms with Gasteiger partial charge in [-0.25, -0.2) is 4.90 Å². The van der Waals surface area contributed by atoms with Crippen molar-refractivity contribution in [2.24, 2.45) is 5.92 Å². The number of carbonyl (C=O) groups excluding carboxylic acids is 2. The van der Waals surface area contributed by atoms with Crippen molar-refractivity contribution < 1.29 is 9.59 Å². The third-order valence-electron chi connectivity index (χ3n) is 7.39. The zero-order chi connectivity index (χ0) is 23.1. The summed E-state index contributed by atoms with van der Waals surface area (Å²) in [6.07, 6.45) is 4.50. The van der Waals surface area contributed by atoms with Crippen LogP contribution < -0.4 is 9.80 Å². The minimum absolute atomic E-state index is 0.196. The van der Waals surface area contributed by atoms with Gasteiger partial charge in [0.25, 0.3) is 11.8 Å². The van der Waals surface area contributed by atoms with Gasteiger partial charge in [-0.15, -0.1) is 0 Å². The maximum atomic E-state index is 13.8. The molecule has 33 heavy (non-hydrogen) atoms. The molecule has 2 aromatic rings. The van der Waals surface area contributed by atoms with E-state index in [0.717, 1.165) is 61.4 Å². The maximum absolute atomic E-state index is 13.8. The average Bonchev–Trinajstić information content (AvgIpc) is 3.42. The summed E-state index contributed by atoms with van der Waals surface area (Å²) in [5.41, 5.74) is 5.97. The molecule has 2 aromatic carbocycles. The molecule has 0 N–H and O–H groups in total. The predicted molar refractivity (Wildman–Crippen MR) is 133 cm³/mol. The highest BCUT2D eigenvalue weighted by Crippen LogP contribution is 2.38. The fourth-order valence-corrected chi connectivity index (χ4v) is 5.40. The topological polar surface area (TPSA) is 43.9 Å². The number of carbonyl (C=O) groups is 2. The van der Waals surface area contributed by atoms with Crippen LogP contribution in [-0.2, 0) is 9.59 Å². The first-order valence-electron chi connectivity index (χ1n) is 12.2. The van der Waals surface area contributed by atoms with Gasteiger partial charge in [0, 0.05) is 31.9 Å². The number of nitrogens with zero attached hydrogens (tertiary/aromatic N) is 3. The van der Waals surface area contributed by atoms with Crippen molar-refractivity contribution >= 4 is 28.8 Å². The van der Waals surface area contributed by atoms with Gasteiger partial charge in [-0.1, -0.05) is 30.7 Å². The normalized spacial score (nSPS) is 19.9. The molecule has 0 aromatic heterocycles. The van der Waals surface area contributed by atoms with Gasteiger partial charge in [0.05, 0.1) is 11.3 Å². The summed E-state index contributed by atoms with van der Waals surface area (Å²) in [6.45, 7) is 10.1. The Morgan fingerprint density at radius 3 is 2.03 bits per heavy atom. The van der Waals surface area contributed by atoms with E-state index in [0.29, 0.717) is 22.9 Å². The van der Waals surface area contributed by atoms with E-state index in [2.05, 4.69) is 22.8 Å². The Labute approximate surface area is 196 Å². The number of benzene rings is 2. The van der Waals surface area contributed by atoms with E-state index in [-0.39, 0.29) is 11.8 Å². The molecule has 3 aliphatic rings. The Morgan fingerprint density at radius 1 is 0.758 bits per heavy atom. The Bertz CT molecular complexity index is 1100. The van der Waals surface area contributed by atoms with Crippen LogP contribution in [0.15, 0.2) is 48.2 Å². The van der Waals surface area contributed by atoms with Gasteiger partial charge in [0.2, 0.25) is 0 Å². The lowest BCUT2D eigenvalue weighted by atomic mass is 9.95. The highest BCUT2D eigenvalue weighted by atomic mass is 16.2. The van der Waals surface area contributed by atoms with Gasteiger partial charge < -0.3 is 9.80 Å². The van der Waals surface area contributed by atoms with Crippen molar-refractivity contribution in [3.05, 3.63) is 64.9 Å². The number of hydrogen-bond acceptors (Lipinski definition) is 4. The van der Waals surface area contributed by atoms with Gasteiger partial charge >= 0.3 is 0 Å². The second-order valence-corrected chi connectivity index (χ2v) is 9.87. The molecule has 0 radical (unpaired) electrons. The van der Waals surface area contributed by atoms with Crippen LogP contribution in [0.25, 0.3) is 5.57 Å². The highest BCUT2D eigenvalue weighted by Gasteiger charge is 2.43. The number of likely N-dealkylation sites (tertiary alicyclic amines) is 1. The smallest absolute Gasteiger partial charge is 0.282 e. The summed E-state index contributed by atoms with van der Waals surface area (Å²) in [6, 6.07) is 14.0. The lowest BCUT2D eigenvalue weighted by Crippen LogP contribution is -2.38. The van der Waals surface area contributed by atoms with Gasteiger partial charge in [-0.05, 0) is 80.8 Å². The van der Waals surface area contributed by atoms with Crippen molar-refractivity contribution in [3.8, 4) is 0 Å². The number of amides is 2. The summed E-state index contributed by atoms with van der Waals surface area (Å²) in [5.74, 6) is 0.237. The lowest BCUT2D eigenvalue weighted by molar-refractivity contribution is -0.120. The zero-order valence-electron chi connectivity index (χ0n) is 19.9. The Kier molecular flexibility index (Phi) is 5.73. The summed E-state index contributed by atoms with van der Waals surface area (Å²) in [4.78, 5) is 33.5. The number of imide groups is 1.